The van der Waals surface area contributed by atoms with Crippen LogP contribution in [0.1, 0.15) is 13.8 Å². The van der Waals surface area contributed by atoms with Gasteiger partial charge in [0.2, 0.25) is 0 Å². The molecule has 0 aliphatic rings. The lowest BCUT2D eigenvalue weighted by atomic mass is 10.3. The zero-order valence-electron chi connectivity index (χ0n) is 6.16. The Hall–Kier alpha value is -0.610. The van der Waals surface area contributed by atoms with Gasteiger partial charge in [0.1, 0.15) is 0 Å². The third-order valence-corrected chi connectivity index (χ3v) is 1.00. The molecule has 0 saturated carbocycles. The predicted molar refractivity (Wildman–Crippen MR) is 36.8 cm³/mol. The molecular formula is C6H13NO3. The maximum atomic E-state index is 10.0. The Morgan fingerprint density at radius 2 is 2.10 bits per heavy atom. The van der Waals surface area contributed by atoms with Crippen LogP contribution in [-0.4, -0.2) is 34.9 Å². The quantitative estimate of drug-likeness (QED) is 0.498. The minimum absolute atomic E-state index is 0.104. The highest BCUT2D eigenvalue weighted by atomic mass is 16.4. The number of rotatable bonds is 4. The van der Waals surface area contributed by atoms with Gasteiger partial charge >= 0.3 is 5.97 Å². The molecule has 0 rings (SSSR count). The fraction of sp³-hybridized carbons (Fsp3) is 0.833. The van der Waals surface area contributed by atoms with Crippen molar-refractivity contribution in [1.82, 2.24) is 5.32 Å². The largest absolute Gasteiger partial charge is 0.479 e. The van der Waals surface area contributed by atoms with E-state index in [1.54, 1.807) is 0 Å². The van der Waals surface area contributed by atoms with Gasteiger partial charge in [-0.2, -0.15) is 0 Å². The summed E-state index contributed by atoms with van der Waals surface area (Å²) in [6.45, 7) is 3.87. The smallest absolute Gasteiger partial charge is 0.333 e. The summed E-state index contributed by atoms with van der Waals surface area (Å²) in [5.74, 6) is -1.19. The van der Waals surface area contributed by atoms with E-state index < -0.39 is 12.1 Å². The van der Waals surface area contributed by atoms with Crippen LogP contribution in [0.5, 0.6) is 0 Å². The van der Waals surface area contributed by atoms with Crippen molar-refractivity contribution in [1.29, 1.82) is 0 Å². The van der Waals surface area contributed by atoms with Gasteiger partial charge in [0.05, 0.1) is 0 Å². The Bertz CT molecular complexity index is 114. The molecule has 0 spiro atoms. The van der Waals surface area contributed by atoms with Gasteiger partial charge in [-0.1, -0.05) is 13.8 Å². The molecule has 0 fully saturated rings. The molecule has 1 atom stereocenters. The summed E-state index contributed by atoms with van der Waals surface area (Å²) in [7, 11) is 0. The number of aliphatic hydroxyl groups excluding tert-OH is 1. The Morgan fingerprint density at radius 3 is 2.40 bits per heavy atom. The molecule has 0 aliphatic heterocycles. The second-order valence-corrected chi connectivity index (χ2v) is 2.42. The summed E-state index contributed by atoms with van der Waals surface area (Å²) in [5.41, 5.74) is 0. The Kier molecular flexibility index (Phi) is 3.99. The van der Waals surface area contributed by atoms with Crippen LogP contribution in [0, 0.1) is 0 Å². The zero-order chi connectivity index (χ0) is 8.15. The van der Waals surface area contributed by atoms with Crippen molar-refractivity contribution in [2.24, 2.45) is 0 Å². The molecular weight excluding hydrogens is 134 g/mol. The summed E-state index contributed by atoms with van der Waals surface area (Å²) in [5, 5.41) is 19.7. The molecule has 0 radical (unpaired) electrons. The van der Waals surface area contributed by atoms with Gasteiger partial charge in [0.15, 0.2) is 6.10 Å². The predicted octanol–water partition coefficient (Wildman–Crippen LogP) is -0.570. The standard InChI is InChI=1S/C6H13NO3/c1-4(2)7-3-5(8)6(9)10/h4-5,7-8H,3H2,1-2H3,(H,9,10)/t5-/m0/s1. The van der Waals surface area contributed by atoms with E-state index in [4.69, 9.17) is 10.2 Å². The van der Waals surface area contributed by atoms with Crippen molar-refractivity contribution < 1.29 is 15.0 Å². The highest BCUT2D eigenvalue weighted by molar-refractivity contribution is 5.72. The van der Waals surface area contributed by atoms with Gasteiger partial charge in [-0.05, 0) is 0 Å². The second-order valence-electron chi connectivity index (χ2n) is 2.42. The summed E-state index contributed by atoms with van der Waals surface area (Å²) >= 11 is 0. The lowest BCUT2D eigenvalue weighted by Crippen LogP contribution is -2.36. The summed E-state index contributed by atoms with van der Waals surface area (Å²) in [4.78, 5) is 10.0. The first kappa shape index (κ1) is 9.39. The second kappa shape index (κ2) is 4.24. The zero-order valence-corrected chi connectivity index (χ0v) is 6.16. The molecule has 4 heteroatoms. The number of aliphatic carboxylic acids is 1. The fourth-order valence-corrected chi connectivity index (χ4v) is 0.435. The van der Waals surface area contributed by atoms with Crippen molar-refractivity contribution >= 4 is 5.97 Å². The average Bonchev–Trinajstić information content (AvgIpc) is 1.82. The van der Waals surface area contributed by atoms with Crippen molar-refractivity contribution in [2.75, 3.05) is 6.54 Å². The number of hydrogen-bond acceptors (Lipinski definition) is 3. The van der Waals surface area contributed by atoms with Gasteiger partial charge in [-0.3, -0.25) is 0 Å². The molecule has 0 bridgehead atoms. The molecule has 3 N–H and O–H groups in total. The Labute approximate surface area is 59.9 Å². The molecule has 0 aromatic carbocycles. The van der Waals surface area contributed by atoms with Crippen molar-refractivity contribution in [2.45, 2.75) is 26.0 Å². The van der Waals surface area contributed by atoms with Crippen molar-refractivity contribution in [3.63, 3.8) is 0 Å². The summed E-state index contributed by atoms with van der Waals surface area (Å²) < 4.78 is 0. The Balaban J connectivity index is 3.40. The third kappa shape index (κ3) is 4.29. The maximum absolute atomic E-state index is 10.0. The van der Waals surface area contributed by atoms with Gasteiger partial charge in [0, 0.05) is 12.6 Å². The molecule has 4 nitrogen and oxygen atoms in total. The van der Waals surface area contributed by atoms with Crippen molar-refractivity contribution in [3.8, 4) is 0 Å². The number of hydrogen-bond donors (Lipinski definition) is 3. The van der Waals surface area contributed by atoms with Crippen LogP contribution in [0.15, 0.2) is 0 Å². The number of carbonyl (C=O) groups is 1. The summed E-state index contributed by atoms with van der Waals surface area (Å²) in [6.07, 6.45) is -1.29. The first-order valence-electron chi connectivity index (χ1n) is 3.18. The van der Waals surface area contributed by atoms with E-state index in [9.17, 15) is 4.79 Å². The number of carboxylic acids is 1. The van der Waals surface area contributed by atoms with E-state index in [0.29, 0.717) is 0 Å². The maximum Gasteiger partial charge on any atom is 0.333 e. The van der Waals surface area contributed by atoms with Crippen LogP contribution in [0.25, 0.3) is 0 Å². The van der Waals surface area contributed by atoms with Crippen LogP contribution in [0.3, 0.4) is 0 Å². The first-order chi connectivity index (χ1) is 4.54. The van der Waals surface area contributed by atoms with E-state index in [1.165, 1.54) is 0 Å². The molecule has 0 amide bonds. The van der Waals surface area contributed by atoms with Crippen molar-refractivity contribution in [3.05, 3.63) is 0 Å². The highest BCUT2D eigenvalue weighted by Gasteiger charge is 2.11. The van der Waals surface area contributed by atoms with Crippen LogP contribution < -0.4 is 5.32 Å². The third-order valence-electron chi connectivity index (χ3n) is 1.00. The highest BCUT2D eigenvalue weighted by Crippen LogP contribution is 1.82. The monoisotopic (exact) mass is 147 g/mol. The number of nitrogens with one attached hydrogen (secondary N) is 1. The molecule has 0 heterocycles. The lowest BCUT2D eigenvalue weighted by Gasteiger charge is -2.09. The lowest BCUT2D eigenvalue weighted by molar-refractivity contribution is -0.146. The Morgan fingerprint density at radius 1 is 1.60 bits per heavy atom. The SMILES string of the molecule is CC(C)NC[C@H](O)C(=O)O. The van der Waals surface area contributed by atoms with E-state index in [2.05, 4.69) is 5.32 Å². The van der Waals surface area contributed by atoms with E-state index >= 15 is 0 Å². The van der Waals surface area contributed by atoms with E-state index in [0.717, 1.165) is 0 Å². The molecule has 0 saturated heterocycles. The molecule has 0 aliphatic carbocycles. The van der Waals surface area contributed by atoms with Gasteiger partial charge < -0.3 is 15.5 Å². The van der Waals surface area contributed by atoms with Gasteiger partial charge in [0.25, 0.3) is 0 Å². The van der Waals surface area contributed by atoms with Crippen LogP contribution in [0.2, 0.25) is 0 Å². The van der Waals surface area contributed by atoms with Gasteiger partial charge in [-0.15, -0.1) is 0 Å². The molecule has 0 aromatic rings. The molecule has 10 heavy (non-hydrogen) atoms. The fourth-order valence-electron chi connectivity index (χ4n) is 0.435. The van der Waals surface area contributed by atoms with Gasteiger partial charge in [-0.25, -0.2) is 4.79 Å². The minimum Gasteiger partial charge on any atom is -0.479 e. The average molecular weight is 147 g/mol. The number of carboxylic acid groups (broad SMARTS) is 1. The molecule has 0 aromatic heterocycles. The molecule has 0 unspecified atom stereocenters. The minimum atomic E-state index is -1.29. The topological polar surface area (TPSA) is 69.6 Å². The normalized spacial score (nSPS) is 13.6. The summed E-state index contributed by atoms with van der Waals surface area (Å²) in [6, 6.07) is 0.203. The van der Waals surface area contributed by atoms with Crippen LogP contribution in [0.4, 0.5) is 0 Å². The molecule has 60 valence electrons. The first-order valence-corrected chi connectivity index (χ1v) is 3.18. The number of aliphatic hydroxyl groups is 1. The van der Waals surface area contributed by atoms with E-state index in [-0.39, 0.29) is 12.6 Å². The van der Waals surface area contributed by atoms with Crippen LogP contribution >= 0.6 is 0 Å². The van der Waals surface area contributed by atoms with Crippen LogP contribution in [-0.2, 0) is 4.79 Å². The van der Waals surface area contributed by atoms with E-state index in [1.807, 2.05) is 13.8 Å².